The molecule has 0 atom stereocenters. The second-order valence-electron chi connectivity index (χ2n) is 4.30. The maximum atomic E-state index is 12.1. The van der Waals surface area contributed by atoms with Gasteiger partial charge in [0.15, 0.2) is 11.5 Å². The molecular weight excluding hydrogens is 330 g/mol. The van der Waals surface area contributed by atoms with Crippen LogP contribution in [0.15, 0.2) is 42.5 Å². The molecule has 0 unspecified atom stereocenters. The molecule has 2 aromatic carbocycles. The van der Waals surface area contributed by atoms with E-state index < -0.39 is 30.0 Å². The maximum Gasteiger partial charge on any atom is 0.573 e. The molecule has 0 amide bonds. The third-order valence-electron chi connectivity index (χ3n) is 2.61. The van der Waals surface area contributed by atoms with Crippen LogP contribution in [0.2, 0.25) is 0 Å². The third-order valence-corrected chi connectivity index (χ3v) is 2.61. The van der Waals surface area contributed by atoms with Crippen molar-refractivity contribution in [3.05, 3.63) is 42.5 Å². The smallest absolute Gasteiger partial charge is 0.504 e. The average molecular weight is 338 g/mol. The van der Waals surface area contributed by atoms with Crippen LogP contribution in [0.25, 0.3) is 11.1 Å². The second-order valence-corrected chi connectivity index (χ2v) is 4.30. The topological polar surface area (TPSA) is 38.7 Å². The number of ether oxygens (including phenoxy) is 2. The fourth-order valence-corrected chi connectivity index (χ4v) is 1.76. The van der Waals surface area contributed by atoms with Crippen molar-refractivity contribution in [1.82, 2.24) is 0 Å². The molecule has 0 bridgehead atoms. The van der Waals surface area contributed by atoms with Crippen LogP contribution in [-0.4, -0.2) is 17.8 Å². The minimum absolute atomic E-state index is 0.288. The lowest BCUT2D eigenvalue weighted by Crippen LogP contribution is -2.17. The summed E-state index contributed by atoms with van der Waals surface area (Å²) in [5.41, 5.74) is 0.656. The molecule has 0 heterocycles. The summed E-state index contributed by atoms with van der Waals surface area (Å²) in [6.45, 7) is 0. The van der Waals surface area contributed by atoms with E-state index in [1.165, 1.54) is 18.2 Å². The van der Waals surface area contributed by atoms with Gasteiger partial charge < -0.3 is 14.6 Å². The molecule has 1 N–H and O–H groups in total. The number of rotatable bonds is 3. The first kappa shape index (κ1) is 16.8. The van der Waals surface area contributed by atoms with E-state index in [9.17, 15) is 31.4 Å². The fourth-order valence-electron chi connectivity index (χ4n) is 1.76. The quantitative estimate of drug-likeness (QED) is 0.813. The molecule has 0 saturated heterocycles. The Morgan fingerprint density at radius 1 is 0.696 bits per heavy atom. The van der Waals surface area contributed by atoms with Crippen molar-refractivity contribution in [3.63, 3.8) is 0 Å². The van der Waals surface area contributed by atoms with Crippen molar-refractivity contribution in [1.29, 1.82) is 0 Å². The highest BCUT2D eigenvalue weighted by molar-refractivity contribution is 5.67. The standard InChI is InChI=1S/C14H8F6O3/c15-13(16,17)22-10-4-1-8(2-5-10)9-3-6-12(11(21)7-9)23-14(18,19)20/h1-7,21H. The minimum atomic E-state index is -4.95. The van der Waals surface area contributed by atoms with Gasteiger partial charge in [0.05, 0.1) is 0 Å². The molecule has 9 heteroatoms. The Bertz CT molecular complexity index is 676. The summed E-state index contributed by atoms with van der Waals surface area (Å²) in [5, 5.41) is 9.52. The average Bonchev–Trinajstić information content (AvgIpc) is 2.39. The first-order chi connectivity index (χ1) is 10.5. The van der Waals surface area contributed by atoms with Gasteiger partial charge in [-0.3, -0.25) is 0 Å². The highest BCUT2D eigenvalue weighted by atomic mass is 19.4. The zero-order valence-electron chi connectivity index (χ0n) is 11.1. The fraction of sp³-hybridized carbons (Fsp3) is 0.143. The highest BCUT2D eigenvalue weighted by Gasteiger charge is 2.32. The molecule has 3 nitrogen and oxygen atoms in total. The van der Waals surface area contributed by atoms with Gasteiger partial charge in [0.2, 0.25) is 0 Å². The molecule has 0 spiro atoms. The first-order valence-electron chi connectivity index (χ1n) is 5.98. The number of aromatic hydroxyl groups is 1. The molecule has 0 radical (unpaired) electrons. The van der Waals surface area contributed by atoms with E-state index in [1.54, 1.807) is 0 Å². The van der Waals surface area contributed by atoms with Crippen molar-refractivity contribution in [3.8, 4) is 28.4 Å². The van der Waals surface area contributed by atoms with Gasteiger partial charge in [-0.15, -0.1) is 26.3 Å². The zero-order valence-corrected chi connectivity index (χ0v) is 11.1. The number of halogens is 6. The van der Waals surface area contributed by atoms with Crippen LogP contribution in [0, 0.1) is 0 Å². The largest absolute Gasteiger partial charge is 0.573 e. The van der Waals surface area contributed by atoms with Crippen molar-refractivity contribution in [2.24, 2.45) is 0 Å². The number of phenolic OH excluding ortho intramolecular Hbond substituents is 1. The summed E-state index contributed by atoms with van der Waals surface area (Å²) in [4.78, 5) is 0. The maximum absolute atomic E-state index is 12.1. The monoisotopic (exact) mass is 338 g/mol. The van der Waals surface area contributed by atoms with Gasteiger partial charge in [-0.2, -0.15) is 0 Å². The Kier molecular flexibility index (Phi) is 4.31. The van der Waals surface area contributed by atoms with E-state index in [4.69, 9.17) is 0 Å². The second kappa shape index (κ2) is 5.90. The summed E-state index contributed by atoms with van der Waals surface area (Å²) >= 11 is 0. The predicted molar refractivity (Wildman–Crippen MR) is 66.9 cm³/mol. The van der Waals surface area contributed by atoms with Crippen LogP contribution < -0.4 is 9.47 Å². The molecule has 0 aliphatic rings. The van der Waals surface area contributed by atoms with Gasteiger partial charge in [0.25, 0.3) is 0 Å². The first-order valence-corrected chi connectivity index (χ1v) is 5.98. The summed E-state index contributed by atoms with van der Waals surface area (Å²) in [6.07, 6.45) is -9.77. The Labute approximate surface area is 125 Å². The van der Waals surface area contributed by atoms with Crippen LogP contribution >= 0.6 is 0 Å². The number of hydrogen-bond donors (Lipinski definition) is 1. The molecule has 2 rings (SSSR count). The van der Waals surface area contributed by atoms with E-state index in [0.29, 0.717) is 5.56 Å². The number of alkyl halides is 6. The molecule has 0 aliphatic carbocycles. The summed E-state index contributed by atoms with van der Waals surface area (Å²) in [6, 6.07) is 7.74. The lowest BCUT2D eigenvalue weighted by molar-refractivity contribution is -0.275. The van der Waals surface area contributed by atoms with Gasteiger partial charge in [-0.1, -0.05) is 18.2 Å². The lowest BCUT2D eigenvalue weighted by Gasteiger charge is -2.12. The molecule has 0 fully saturated rings. The van der Waals surface area contributed by atoms with Crippen molar-refractivity contribution in [2.45, 2.75) is 12.7 Å². The lowest BCUT2D eigenvalue weighted by atomic mass is 10.1. The third kappa shape index (κ3) is 4.97. The molecule has 0 saturated carbocycles. The molecular formula is C14H8F6O3. The van der Waals surface area contributed by atoms with Crippen molar-refractivity contribution in [2.75, 3.05) is 0 Å². The molecule has 0 aliphatic heterocycles. The number of phenols is 1. The Morgan fingerprint density at radius 3 is 1.70 bits per heavy atom. The summed E-state index contributed by atoms with van der Waals surface area (Å²) in [5.74, 6) is -1.98. The van der Waals surface area contributed by atoms with Gasteiger partial charge in [-0.25, -0.2) is 0 Å². The normalized spacial score (nSPS) is 12.1. The van der Waals surface area contributed by atoms with Crippen molar-refractivity contribution >= 4 is 0 Å². The van der Waals surface area contributed by atoms with Gasteiger partial charge in [-0.05, 0) is 35.4 Å². The van der Waals surface area contributed by atoms with Crippen molar-refractivity contribution < 1.29 is 40.9 Å². The van der Waals surface area contributed by atoms with Gasteiger partial charge >= 0.3 is 12.7 Å². The van der Waals surface area contributed by atoms with Gasteiger partial charge in [0.1, 0.15) is 5.75 Å². The van der Waals surface area contributed by atoms with E-state index in [0.717, 1.165) is 24.3 Å². The number of hydrogen-bond acceptors (Lipinski definition) is 3. The van der Waals surface area contributed by atoms with E-state index in [2.05, 4.69) is 9.47 Å². The number of benzene rings is 2. The van der Waals surface area contributed by atoms with Crippen LogP contribution in [0.5, 0.6) is 17.2 Å². The Morgan fingerprint density at radius 2 is 1.22 bits per heavy atom. The van der Waals surface area contributed by atoms with E-state index in [-0.39, 0.29) is 5.56 Å². The minimum Gasteiger partial charge on any atom is -0.504 e. The van der Waals surface area contributed by atoms with Crippen LogP contribution in [0.4, 0.5) is 26.3 Å². The highest BCUT2D eigenvalue weighted by Crippen LogP contribution is 2.35. The van der Waals surface area contributed by atoms with Crippen LogP contribution in [0.3, 0.4) is 0 Å². The van der Waals surface area contributed by atoms with E-state index >= 15 is 0 Å². The molecule has 2 aromatic rings. The Hall–Kier alpha value is -2.58. The van der Waals surface area contributed by atoms with Crippen LogP contribution in [0.1, 0.15) is 0 Å². The van der Waals surface area contributed by atoms with Crippen LogP contribution in [-0.2, 0) is 0 Å². The van der Waals surface area contributed by atoms with Gasteiger partial charge in [0, 0.05) is 0 Å². The van der Waals surface area contributed by atoms with E-state index in [1.807, 2.05) is 0 Å². The Balaban J connectivity index is 2.21. The summed E-state index contributed by atoms with van der Waals surface area (Å²) in [7, 11) is 0. The molecule has 0 aromatic heterocycles. The molecule has 23 heavy (non-hydrogen) atoms. The SMILES string of the molecule is Oc1cc(-c2ccc(OC(F)(F)F)cc2)ccc1OC(F)(F)F. The summed E-state index contributed by atoms with van der Waals surface area (Å²) < 4.78 is 79.7. The molecule has 124 valence electrons. The predicted octanol–water partition coefficient (Wildman–Crippen LogP) is 4.86. The zero-order chi connectivity index (χ0) is 17.3.